The van der Waals surface area contributed by atoms with E-state index < -0.39 is 52.4 Å². The molecule has 0 radical (unpaired) electrons. The van der Waals surface area contributed by atoms with Gasteiger partial charge in [0.1, 0.15) is 4.90 Å². The molecule has 9 nitrogen and oxygen atoms in total. The van der Waals surface area contributed by atoms with Gasteiger partial charge in [0.15, 0.2) is 11.3 Å². The number of halogens is 6. The Morgan fingerprint density at radius 3 is 2.17 bits per heavy atom. The van der Waals surface area contributed by atoms with Crippen molar-refractivity contribution in [3.63, 3.8) is 0 Å². The monoisotopic (exact) mass is 599 g/mol. The van der Waals surface area contributed by atoms with E-state index in [1.807, 2.05) is 0 Å². The van der Waals surface area contributed by atoms with E-state index in [4.69, 9.17) is 0 Å². The third-order valence-electron chi connectivity index (χ3n) is 5.71. The van der Waals surface area contributed by atoms with Gasteiger partial charge in [-0.05, 0) is 31.2 Å². The van der Waals surface area contributed by atoms with Crippen LogP contribution in [0.1, 0.15) is 29.3 Å². The SMILES string of the molecule is CC(CO)(CO)NS(=O)(=O)c1cncc(C#Cc2cnn3c(C(F)(F)F)cc(-c4ccc(C(F)(F)F)cc4)nc23)c1. The quantitative estimate of drug-likeness (QED) is 0.229. The zero-order chi connectivity index (χ0) is 30.2. The van der Waals surface area contributed by atoms with E-state index in [2.05, 4.69) is 31.6 Å². The van der Waals surface area contributed by atoms with Gasteiger partial charge in [0.05, 0.1) is 41.8 Å². The first-order valence-electron chi connectivity index (χ1n) is 11.4. The number of aromatic nitrogens is 4. The average molecular weight is 600 g/mol. The van der Waals surface area contributed by atoms with Crippen LogP contribution in [0.3, 0.4) is 0 Å². The number of rotatable bonds is 6. The average Bonchev–Trinajstić information content (AvgIpc) is 3.33. The Morgan fingerprint density at radius 1 is 0.927 bits per heavy atom. The van der Waals surface area contributed by atoms with Gasteiger partial charge >= 0.3 is 12.4 Å². The minimum Gasteiger partial charge on any atom is -0.394 e. The fourth-order valence-corrected chi connectivity index (χ4v) is 4.88. The first-order valence-corrected chi connectivity index (χ1v) is 12.9. The predicted octanol–water partition coefficient (Wildman–Crippen LogP) is 3.25. The molecule has 0 bridgehead atoms. The zero-order valence-electron chi connectivity index (χ0n) is 20.8. The van der Waals surface area contributed by atoms with Crippen LogP contribution < -0.4 is 4.72 Å². The van der Waals surface area contributed by atoms with Crippen LogP contribution >= 0.6 is 0 Å². The number of nitrogens with one attached hydrogen (secondary N) is 1. The number of hydrogen-bond donors (Lipinski definition) is 3. The fourth-order valence-electron chi connectivity index (χ4n) is 3.50. The van der Waals surface area contributed by atoms with Crippen molar-refractivity contribution in [1.29, 1.82) is 0 Å². The summed E-state index contributed by atoms with van der Waals surface area (Å²) in [4.78, 5) is 7.59. The molecule has 3 N–H and O–H groups in total. The van der Waals surface area contributed by atoms with Crippen LogP contribution in [0.5, 0.6) is 0 Å². The van der Waals surface area contributed by atoms with Crippen LogP contribution in [0.25, 0.3) is 16.9 Å². The maximum Gasteiger partial charge on any atom is 0.433 e. The van der Waals surface area contributed by atoms with Crippen LogP contribution in [0.4, 0.5) is 26.3 Å². The van der Waals surface area contributed by atoms with Crippen LogP contribution in [0.2, 0.25) is 0 Å². The largest absolute Gasteiger partial charge is 0.433 e. The minimum atomic E-state index is -4.91. The van der Waals surface area contributed by atoms with E-state index in [1.165, 1.54) is 13.1 Å². The molecule has 41 heavy (non-hydrogen) atoms. The van der Waals surface area contributed by atoms with Gasteiger partial charge in [-0.25, -0.2) is 22.6 Å². The summed E-state index contributed by atoms with van der Waals surface area (Å²) in [6, 6.07) is 5.20. The lowest BCUT2D eigenvalue weighted by atomic mass is 10.1. The number of aliphatic hydroxyl groups excluding tert-OH is 2. The second-order valence-electron chi connectivity index (χ2n) is 9.03. The van der Waals surface area contributed by atoms with Gasteiger partial charge in [-0.1, -0.05) is 24.0 Å². The highest BCUT2D eigenvalue weighted by atomic mass is 32.2. The highest BCUT2D eigenvalue weighted by Gasteiger charge is 2.36. The number of sulfonamides is 1. The van der Waals surface area contributed by atoms with Crippen molar-refractivity contribution in [3.8, 4) is 23.1 Å². The Balaban J connectivity index is 1.76. The number of hydrogen-bond acceptors (Lipinski definition) is 7. The second kappa shape index (κ2) is 10.7. The van der Waals surface area contributed by atoms with Crippen molar-refractivity contribution in [2.75, 3.05) is 13.2 Å². The molecule has 0 aliphatic carbocycles. The van der Waals surface area contributed by atoms with Gasteiger partial charge in [0.25, 0.3) is 0 Å². The summed E-state index contributed by atoms with van der Waals surface area (Å²) in [7, 11) is -4.27. The molecule has 0 aliphatic rings. The molecule has 3 heterocycles. The van der Waals surface area contributed by atoms with Gasteiger partial charge in [0.2, 0.25) is 10.0 Å². The standard InChI is InChI=1S/C25H19F6N5O4S/c1-23(13-37,14-38)35-41(39,40)19-8-15(10-32-12-19)2-3-17-11-33-36-21(25(29,30)31)9-20(34-22(17)36)16-4-6-18(7-5-16)24(26,27)28/h4-12,35,37-38H,13-14H2,1H3. The predicted molar refractivity (Wildman–Crippen MR) is 132 cm³/mol. The molecule has 1 aromatic carbocycles. The molecule has 0 atom stereocenters. The summed E-state index contributed by atoms with van der Waals surface area (Å²) in [5.41, 5.74) is -4.49. The van der Waals surface area contributed by atoms with Crippen LogP contribution in [-0.2, 0) is 22.4 Å². The summed E-state index contributed by atoms with van der Waals surface area (Å²) in [5, 5.41) is 22.5. The smallest absolute Gasteiger partial charge is 0.394 e. The van der Waals surface area contributed by atoms with Gasteiger partial charge in [-0.2, -0.15) is 31.4 Å². The number of pyridine rings is 1. The third-order valence-corrected chi connectivity index (χ3v) is 7.32. The second-order valence-corrected chi connectivity index (χ2v) is 10.7. The molecule has 4 aromatic rings. The summed E-state index contributed by atoms with van der Waals surface area (Å²) in [6.07, 6.45) is -6.36. The van der Waals surface area contributed by atoms with Crippen molar-refractivity contribution in [2.45, 2.75) is 29.7 Å². The van der Waals surface area contributed by atoms with Crippen LogP contribution in [0.15, 0.2) is 59.9 Å². The van der Waals surface area contributed by atoms with Gasteiger partial charge in [-0.15, -0.1) is 0 Å². The Labute approximate surface area is 228 Å². The van der Waals surface area contributed by atoms with Gasteiger partial charge < -0.3 is 10.2 Å². The molecule has 16 heteroatoms. The molecule has 0 saturated carbocycles. The Morgan fingerprint density at radius 2 is 1.59 bits per heavy atom. The first kappa shape index (κ1) is 29.9. The van der Waals surface area contributed by atoms with Crippen LogP contribution in [-0.4, -0.2) is 57.0 Å². The Hall–Kier alpha value is -4.04. The highest BCUT2D eigenvalue weighted by molar-refractivity contribution is 7.89. The van der Waals surface area contributed by atoms with E-state index in [1.54, 1.807) is 0 Å². The molecular weight excluding hydrogens is 580 g/mol. The third kappa shape index (κ3) is 6.49. The normalized spacial score (nSPS) is 12.8. The molecule has 0 fully saturated rings. The fraction of sp³-hybridized carbons (Fsp3) is 0.240. The summed E-state index contributed by atoms with van der Waals surface area (Å²) in [6.45, 7) is -0.133. The molecule has 0 aliphatic heterocycles. The van der Waals surface area contributed by atoms with Crippen LogP contribution in [0, 0.1) is 11.8 Å². The van der Waals surface area contributed by atoms with Crippen molar-refractivity contribution >= 4 is 15.7 Å². The molecule has 0 unspecified atom stereocenters. The topological polar surface area (TPSA) is 130 Å². The summed E-state index contributed by atoms with van der Waals surface area (Å²) >= 11 is 0. The Kier molecular flexibility index (Phi) is 7.84. The maximum atomic E-state index is 13.8. The van der Waals surface area contributed by atoms with E-state index in [0.29, 0.717) is 10.6 Å². The molecule has 0 spiro atoms. The molecular formula is C25H19F6N5O4S. The number of aliphatic hydroxyl groups is 2. The van der Waals surface area contributed by atoms with Crippen molar-refractivity contribution < 1.29 is 45.0 Å². The molecule has 4 rings (SSSR count). The number of fused-ring (bicyclic) bond motifs is 1. The van der Waals surface area contributed by atoms with E-state index >= 15 is 0 Å². The minimum absolute atomic E-state index is 0.0153. The molecule has 3 aromatic heterocycles. The van der Waals surface area contributed by atoms with Gasteiger partial charge in [0, 0.05) is 23.5 Å². The molecule has 0 amide bonds. The number of alkyl halides is 6. The van der Waals surface area contributed by atoms with Crippen molar-refractivity contribution in [2.24, 2.45) is 0 Å². The van der Waals surface area contributed by atoms with E-state index in [-0.39, 0.29) is 32.9 Å². The lowest BCUT2D eigenvalue weighted by molar-refractivity contribution is -0.142. The first-order chi connectivity index (χ1) is 19.1. The lowest BCUT2D eigenvalue weighted by Gasteiger charge is -2.25. The lowest BCUT2D eigenvalue weighted by Crippen LogP contribution is -2.51. The number of benzene rings is 1. The van der Waals surface area contributed by atoms with E-state index in [0.717, 1.165) is 42.7 Å². The summed E-state index contributed by atoms with van der Waals surface area (Å²) in [5.74, 6) is 5.15. The Bertz CT molecular complexity index is 1750. The highest BCUT2D eigenvalue weighted by Crippen LogP contribution is 2.34. The zero-order valence-corrected chi connectivity index (χ0v) is 21.6. The van der Waals surface area contributed by atoms with E-state index in [9.17, 15) is 45.0 Å². The van der Waals surface area contributed by atoms with Gasteiger partial charge in [-0.3, -0.25) is 4.98 Å². The summed E-state index contributed by atoms with van der Waals surface area (Å²) < 4.78 is 108. The maximum absolute atomic E-state index is 13.8. The molecule has 0 saturated heterocycles. The number of nitrogens with zero attached hydrogens (tertiary/aromatic N) is 4. The molecule has 216 valence electrons. The van der Waals surface area contributed by atoms with Crippen molar-refractivity contribution in [1.82, 2.24) is 24.3 Å². The van der Waals surface area contributed by atoms with Crippen molar-refractivity contribution in [3.05, 3.63) is 77.4 Å².